The third kappa shape index (κ3) is 2.94. The summed E-state index contributed by atoms with van der Waals surface area (Å²) in [5, 5.41) is 1.36. The van der Waals surface area contributed by atoms with Crippen molar-refractivity contribution in [2.45, 2.75) is 25.3 Å². The first-order valence-electron chi connectivity index (χ1n) is 8.25. The smallest absolute Gasteiger partial charge is 0.248 e. The molecule has 1 aliphatic rings. The van der Waals surface area contributed by atoms with Gasteiger partial charge in [0.05, 0.1) is 0 Å². The van der Waals surface area contributed by atoms with Gasteiger partial charge in [-0.2, -0.15) is 0 Å². The summed E-state index contributed by atoms with van der Waals surface area (Å²) in [5.74, 6) is 0.630. The molecular formula is C19H21N3O. The minimum atomic E-state index is -0.0171. The van der Waals surface area contributed by atoms with E-state index in [2.05, 4.69) is 39.1 Å². The number of likely N-dealkylation sites (tertiary alicyclic amines) is 1. The van der Waals surface area contributed by atoms with Gasteiger partial charge in [-0.25, -0.2) is 0 Å². The summed E-state index contributed by atoms with van der Waals surface area (Å²) >= 11 is 0. The Morgan fingerprint density at radius 2 is 1.87 bits per heavy atom. The standard InChI is InChI=1S/C19H21N3O/c23-19-12-14(4-8-21-19)13-22-10-6-15(7-11-22)16-2-1-3-18-17(16)5-9-20-18/h1-5,8-9,12,15,20H,6-7,10-11,13H2,(H,21,23). The van der Waals surface area contributed by atoms with Gasteiger partial charge < -0.3 is 9.97 Å². The molecule has 0 aliphatic carbocycles. The summed E-state index contributed by atoms with van der Waals surface area (Å²) in [6.45, 7) is 3.03. The third-order valence-electron chi connectivity index (χ3n) is 4.90. The molecule has 0 spiro atoms. The van der Waals surface area contributed by atoms with Crippen molar-refractivity contribution in [2.24, 2.45) is 0 Å². The van der Waals surface area contributed by atoms with Gasteiger partial charge in [0.25, 0.3) is 0 Å². The highest BCUT2D eigenvalue weighted by atomic mass is 16.1. The summed E-state index contributed by atoms with van der Waals surface area (Å²) in [6, 6.07) is 12.4. The topological polar surface area (TPSA) is 51.9 Å². The maximum Gasteiger partial charge on any atom is 0.248 e. The first-order valence-corrected chi connectivity index (χ1v) is 8.25. The van der Waals surface area contributed by atoms with Gasteiger partial charge in [-0.15, -0.1) is 0 Å². The molecule has 1 saturated heterocycles. The molecule has 118 valence electrons. The number of hydrogen-bond donors (Lipinski definition) is 2. The molecule has 0 saturated carbocycles. The number of nitrogens with one attached hydrogen (secondary N) is 2. The van der Waals surface area contributed by atoms with Crippen LogP contribution in [0, 0.1) is 0 Å². The summed E-state index contributed by atoms with van der Waals surface area (Å²) in [4.78, 5) is 19.8. The maximum atomic E-state index is 11.4. The van der Waals surface area contributed by atoms with Crippen molar-refractivity contribution in [3.05, 3.63) is 70.3 Å². The molecule has 0 bridgehead atoms. The van der Waals surface area contributed by atoms with Crippen LogP contribution in [0.15, 0.2) is 53.6 Å². The molecule has 2 N–H and O–H groups in total. The van der Waals surface area contributed by atoms with E-state index in [1.54, 1.807) is 12.3 Å². The Labute approximate surface area is 135 Å². The minimum absolute atomic E-state index is 0.0171. The quantitative estimate of drug-likeness (QED) is 0.780. The Morgan fingerprint density at radius 3 is 2.70 bits per heavy atom. The zero-order valence-electron chi connectivity index (χ0n) is 13.1. The Hall–Kier alpha value is -2.33. The van der Waals surface area contributed by atoms with Crippen LogP contribution in [-0.4, -0.2) is 28.0 Å². The first-order chi connectivity index (χ1) is 11.3. The molecule has 0 radical (unpaired) electrons. The van der Waals surface area contributed by atoms with Crippen LogP contribution in [0.5, 0.6) is 0 Å². The Morgan fingerprint density at radius 1 is 1.04 bits per heavy atom. The summed E-state index contributed by atoms with van der Waals surface area (Å²) in [6.07, 6.45) is 6.11. The van der Waals surface area contributed by atoms with Gasteiger partial charge in [-0.1, -0.05) is 12.1 Å². The summed E-state index contributed by atoms with van der Waals surface area (Å²) in [5.41, 5.74) is 3.78. The van der Waals surface area contributed by atoms with Gasteiger partial charge in [0, 0.05) is 35.9 Å². The molecule has 1 aromatic carbocycles. The minimum Gasteiger partial charge on any atom is -0.361 e. The number of nitrogens with zero attached hydrogens (tertiary/aromatic N) is 1. The third-order valence-corrected chi connectivity index (χ3v) is 4.90. The van der Waals surface area contributed by atoms with Gasteiger partial charge >= 0.3 is 0 Å². The highest BCUT2D eigenvalue weighted by Crippen LogP contribution is 2.33. The number of aromatic amines is 2. The average molecular weight is 307 g/mol. The zero-order chi connectivity index (χ0) is 15.6. The van der Waals surface area contributed by atoms with E-state index >= 15 is 0 Å². The Bertz CT molecular complexity index is 856. The van der Waals surface area contributed by atoms with Crippen molar-refractivity contribution in [3.63, 3.8) is 0 Å². The first kappa shape index (κ1) is 14.3. The van der Waals surface area contributed by atoms with Gasteiger partial charge in [-0.3, -0.25) is 9.69 Å². The number of piperidine rings is 1. The molecule has 3 heterocycles. The highest BCUT2D eigenvalue weighted by molar-refractivity contribution is 5.83. The van der Waals surface area contributed by atoms with E-state index in [9.17, 15) is 4.79 Å². The van der Waals surface area contributed by atoms with Crippen LogP contribution in [-0.2, 0) is 6.54 Å². The SMILES string of the molecule is O=c1cc(CN2CCC(c3cccc4[nH]ccc34)CC2)cc[nH]1. The molecule has 1 aliphatic heterocycles. The van der Waals surface area contributed by atoms with E-state index in [4.69, 9.17) is 0 Å². The summed E-state index contributed by atoms with van der Waals surface area (Å²) < 4.78 is 0. The van der Waals surface area contributed by atoms with E-state index < -0.39 is 0 Å². The molecule has 0 amide bonds. The maximum absolute atomic E-state index is 11.4. The highest BCUT2D eigenvalue weighted by Gasteiger charge is 2.22. The van der Waals surface area contributed by atoms with Crippen molar-refractivity contribution >= 4 is 10.9 Å². The van der Waals surface area contributed by atoms with Crippen LogP contribution in [0.25, 0.3) is 10.9 Å². The molecule has 2 aromatic heterocycles. The van der Waals surface area contributed by atoms with Crippen molar-refractivity contribution in [1.29, 1.82) is 0 Å². The molecule has 23 heavy (non-hydrogen) atoms. The van der Waals surface area contributed by atoms with Crippen LogP contribution in [0.3, 0.4) is 0 Å². The lowest BCUT2D eigenvalue weighted by molar-refractivity contribution is 0.205. The van der Waals surface area contributed by atoms with E-state index in [0.717, 1.165) is 25.2 Å². The second-order valence-corrected chi connectivity index (χ2v) is 6.40. The van der Waals surface area contributed by atoms with Gasteiger partial charge in [0.2, 0.25) is 5.56 Å². The number of hydrogen-bond acceptors (Lipinski definition) is 2. The van der Waals surface area contributed by atoms with Crippen LogP contribution >= 0.6 is 0 Å². The fourth-order valence-electron chi connectivity index (χ4n) is 3.71. The van der Waals surface area contributed by atoms with Crippen molar-refractivity contribution in [1.82, 2.24) is 14.9 Å². The molecule has 4 rings (SSSR count). The largest absolute Gasteiger partial charge is 0.361 e. The monoisotopic (exact) mass is 307 g/mol. The molecule has 1 fully saturated rings. The number of benzene rings is 1. The van der Waals surface area contributed by atoms with Crippen molar-refractivity contribution in [3.8, 4) is 0 Å². The lowest BCUT2D eigenvalue weighted by atomic mass is 9.87. The number of pyridine rings is 1. The second-order valence-electron chi connectivity index (χ2n) is 6.40. The van der Waals surface area contributed by atoms with Gasteiger partial charge in [-0.05, 0) is 61.2 Å². The van der Waals surface area contributed by atoms with E-state index in [0.29, 0.717) is 5.92 Å². The Kier molecular flexibility index (Phi) is 3.75. The Balaban J connectivity index is 1.45. The summed E-state index contributed by atoms with van der Waals surface area (Å²) in [7, 11) is 0. The lowest BCUT2D eigenvalue weighted by Gasteiger charge is -2.32. The zero-order valence-corrected chi connectivity index (χ0v) is 13.1. The van der Waals surface area contributed by atoms with Crippen LogP contribution < -0.4 is 5.56 Å². The predicted octanol–water partition coefficient (Wildman–Crippen LogP) is 3.24. The number of aromatic nitrogens is 2. The van der Waals surface area contributed by atoms with E-state index in [1.165, 1.54) is 29.3 Å². The van der Waals surface area contributed by atoms with Gasteiger partial charge in [0.1, 0.15) is 0 Å². The van der Waals surface area contributed by atoms with Crippen molar-refractivity contribution in [2.75, 3.05) is 13.1 Å². The number of fused-ring (bicyclic) bond motifs is 1. The molecule has 0 unspecified atom stereocenters. The van der Waals surface area contributed by atoms with Gasteiger partial charge in [0.15, 0.2) is 0 Å². The number of rotatable bonds is 3. The van der Waals surface area contributed by atoms with Crippen molar-refractivity contribution < 1.29 is 0 Å². The van der Waals surface area contributed by atoms with Crippen LogP contribution in [0.1, 0.15) is 29.9 Å². The molecule has 3 aromatic rings. The molecular weight excluding hydrogens is 286 g/mol. The molecule has 4 nitrogen and oxygen atoms in total. The number of H-pyrrole nitrogens is 2. The average Bonchev–Trinajstić information content (AvgIpc) is 3.04. The fourth-order valence-corrected chi connectivity index (χ4v) is 3.71. The molecule has 0 atom stereocenters. The van der Waals surface area contributed by atoms with E-state index in [1.807, 2.05) is 12.3 Å². The predicted molar refractivity (Wildman–Crippen MR) is 92.6 cm³/mol. The second kappa shape index (κ2) is 6.05. The van der Waals surface area contributed by atoms with Crippen LogP contribution in [0.4, 0.5) is 0 Å². The fraction of sp³-hybridized carbons (Fsp3) is 0.316. The van der Waals surface area contributed by atoms with E-state index in [-0.39, 0.29) is 5.56 Å². The normalized spacial score (nSPS) is 16.9. The van der Waals surface area contributed by atoms with Crippen LogP contribution in [0.2, 0.25) is 0 Å². The lowest BCUT2D eigenvalue weighted by Crippen LogP contribution is -2.32. The molecule has 4 heteroatoms.